The van der Waals surface area contributed by atoms with Crippen molar-refractivity contribution in [1.29, 1.82) is 0 Å². The van der Waals surface area contributed by atoms with E-state index in [0.29, 0.717) is 17.5 Å². The third kappa shape index (κ3) is 6.66. The van der Waals surface area contributed by atoms with Crippen LogP contribution in [0.1, 0.15) is 48.8 Å². The summed E-state index contributed by atoms with van der Waals surface area (Å²) in [5.41, 5.74) is 0.202. The van der Waals surface area contributed by atoms with Crippen molar-refractivity contribution in [2.45, 2.75) is 45.1 Å². The molecule has 7 nitrogen and oxygen atoms in total. The zero-order valence-electron chi connectivity index (χ0n) is 17.2. The maximum Gasteiger partial charge on any atom is 0.258 e. The fourth-order valence-corrected chi connectivity index (χ4v) is 3.92. The first kappa shape index (κ1) is 22.0. The number of para-hydroxylation sites is 1. The molecule has 1 heterocycles. The van der Waals surface area contributed by atoms with Crippen LogP contribution in [0.2, 0.25) is 0 Å². The molecule has 30 heavy (non-hydrogen) atoms. The number of nitrogens with zero attached hydrogens (tertiary/aromatic N) is 2. The van der Waals surface area contributed by atoms with Crippen molar-refractivity contribution < 1.29 is 17.9 Å². The summed E-state index contributed by atoms with van der Waals surface area (Å²) in [5, 5.41) is 3.81. The number of hydrogen-bond donors (Lipinski definition) is 1. The van der Waals surface area contributed by atoms with Crippen LogP contribution < -0.4 is 10.1 Å². The van der Waals surface area contributed by atoms with Crippen molar-refractivity contribution in [2.24, 2.45) is 5.92 Å². The van der Waals surface area contributed by atoms with Gasteiger partial charge in [0.2, 0.25) is 5.88 Å². The Morgan fingerprint density at radius 1 is 1.27 bits per heavy atom. The standard InChI is InChI=1S/C22H27N3O4S/c1-16(12-13-30(2,27)28)24-21(26)19-15-23-20(14-17-8-6-7-9-17)25-22(19)29-18-10-4-3-5-11-18/h3-5,10-13,15-17H,6-9,14H2,1-2H3,(H,24,26)/b13-12+/t16-/m0/s1. The molecule has 8 heteroatoms. The zero-order chi connectivity index (χ0) is 21.6. The molecule has 1 saturated carbocycles. The van der Waals surface area contributed by atoms with Gasteiger partial charge in [-0.05, 0) is 25.0 Å². The number of aromatic nitrogens is 2. The number of nitrogens with one attached hydrogen (secondary N) is 1. The van der Waals surface area contributed by atoms with Gasteiger partial charge in [0.1, 0.15) is 17.1 Å². The lowest BCUT2D eigenvalue weighted by Gasteiger charge is -2.14. The van der Waals surface area contributed by atoms with E-state index in [9.17, 15) is 13.2 Å². The molecule has 0 saturated heterocycles. The van der Waals surface area contributed by atoms with Crippen molar-refractivity contribution in [3.63, 3.8) is 0 Å². The second-order valence-corrected chi connectivity index (χ2v) is 9.63. The van der Waals surface area contributed by atoms with Crippen LogP contribution in [0, 0.1) is 5.92 Å². The van der Waals surface area contributed by atoms with E-state index in [1.54, 1.807) is 19.1 Å². The summed E-state index contributed by atoms with van der Waals surface area (Å²) in [5.74, 6) is 1.56. The minimum atomic E-state index is -3.27. The zero-order valence-corrected chi connectivity index (χ0v) is 18.1. The molecule has 1 aliphatic rings. The summed E-state index contributed by atoms with van der Waals surface area (Å²) in [7, 11) is -3.27. The first-order chi connectivity index (χ1) is 14.3. The number of benzene rings is 1. The van der Waals surface area contributed by atoms with Crippen LogP contribution in [-0.4, -0.2) is 36.6 Å². The van der Waals surface area contributed by atoms with Gasteiger partial charge in [0.25, 0.3) is 5.91 Å². The lowest BCUT2D eigenvalue weighted by atomic mass is 10.0. The van der Waals surface area contributed by atoms with E-state index < -0.39 is 21.8 Å². The summed E-state index contributed by atoms with van der Waals surface area (Å²) in [4.78, 5) is 21.7. The highest BCUT2D eigenvalue weighted by Gasteiger charge is 2.21. The molecule has 0 radical (unpaired) electrons. The molecule has 1 amide bonds. The number of carbonyl (C=O) groups excluding carboxylic acids is 1. The van der Waals surface area contributed by atoms with Crippen LogP contribution in [0.15, 0.2) is 48.0 Å². The van der Waals surface area contributed by atoms with Crippen molar-refractivity contribution in [3.05, 3.63) is 59.4 Å². The Morgan fingerprint density at radius 3 is 2.63 bits per heavy atom. The smallest absolute Gasteiger partial charge is 0.258 e. The molecule has 160 valence electrons. The quantitative estimate of drug-likeness (QED) is 0.687. The van der Waals surface area contributed by atoms with Crippen LogP contribution >= 0.6 is 0 Å². The molecule has 3 rings (SSSR count). The van der Waals surface area contributed by atoms with Crippen molar-refractivity contribution >= 4 is 15.7 Å². The summed E-state index contributed by atoms with van der Waals surface area (Å²) in [6.07, 6.45) is 9.57. The third-order valence-electron chi connectivity index (χ3n) is 4.93. The number of rotatable bonds is 8. The van der Waals surface area contributed by atoms with Crippen LogP contribution in [0.3, 0.4) is 0 Å². The number of hydrogen-bond acceptors (Lipinski definition) is 6. The highest BCUT2D eigenvalue weighted by atomic mass is 32.2. The Morgan fingerprint density at radius 2 is 1.97 bits per heavy atom. The van der Waals surface area contributed by atoms with Gasteiger partial charge >= 0.3 is 0 Å². The van der Waals surface area contributed by atoms with E-state index in [1.807, 2.05) is 18.2 Å². The molecule has 1 aromatic carbocycles. The number of amides is 1. The predicted molar refractivity (Wildman–Crippen MR) is 115 cm³/mol. The monoisotopic (exact) mass is 429 g/mol. The average Bonchev–Trinajstić information content (AvgIpc) is 3.20. The van der Waals surface area contributed by atoms with Crippen molar-refractivity contribution in [2.75, 3.05) is 6.26 Å². The average molecular weight is 430 g/mol. The van der Waals surface area contributed by atoms with Crippen LogP contribution in [-0.2, 0) is 16.3 Å². The highest BCUT2D eigenvalue weighted by Crippen LogP contribution is 2.29. The first-order valence-electron chi connectivity index (χ1n) is 10.1. The Balaban J connectivity index is 1.82. The lowest BCUT2D eigenvalue weighted by Crippen LogP contribution is -2.31. The molecule has 0 unspecified atom stereocenters. The molecular weight excluding hydrogens is 402 g/mol. The second-order valence-electron chi connectivity index (χ2n) is 7.69. The minimum absolute atomic E-state index is 0.195. The molecule has 0 aliphatic heterocycles. The number of sulfone groups is 1. The Labute approximate surface area is 177 Å². The summed E-state index contributed by atoms with van der Waals surface area (Å²) in [6.45, 7) is 1.69. The molecule has 0 bridgehead atoms. The van der Waals surface area contributed by atoms with Crippen molar-refractivity contribution in [1.82, 2.24) is 15.3 Å². The molecule has 1 atom stereocenters. The van der Waals surface area contributed by atoms with E-state index in [2.05, 4.69) is 15.3 Å². The predicted octanol–water partition coefficient (Wildman–Crippen LogP) is 3.68. The molecule has 2 aromatic rings. The van der Waals surface area contributed by atoms with Gasteiger partial charge in [0.05, 0.1) is 0 Å². The van der Waals surface area contributed by atoms with E-state index in [1.165, 1.54) is 38.0 Å². The molecule has 1 fully saturated rings. The number of ether oxygens (including phenoxy) is 1. The first-order valence-corrected chi connectivity index (χ1v) is 12.0. The van der Waals surface area contributed by atoms with Crippen LogP contribution in [0.4, 0.5) is 0 Å². The summed E-state index contributed by atoms with van der Waals surface area (Å²) < 4.78 is 28.5. The van der Waals surface area contributed by atoms with Gasteiger partial charge in [-0.25, -0.2) is 13.4 Å². The van der Waals surface area contributed by atoms with E-state index in [4.69, 9.17) is 4.74 Å². The van der Waals surface area contributed by atoms with Gasteiger partial charge in [0, 0.05) is 30.3 Å². The van der Waals surface area contributed by atoms with Gasteiger partial charge in [-0.2, -0.15) is 4.98 Å². The lowest BCUT2D eigenvalue weighted by molar-refractivity contribution is 0.0943. The Bertz CT molecular complexity index is 1000. The molecule has 1 N–H and O–H groups in total. The Hall–Kier alpha value is -2.74. The fourth-order valence-electron chi connectivity index (χ4n) is 3.40. The third-order valence-corrected chi connectivity index (χ3v) is 5.58. The molecule has 1 aromatic heterocycles. The van der Waals surface area contributed by atoms with E-state index in [0.717, 1.165) is 18.1 Å². The Kier molecular flexibility index (Phi) is 7.20. The highest BCUT2D eigenvalue weighted by molar-refractivity contribution is 7.93. The molecule has 1 aliphatic carbocycles. The van der Waals surface area contributed by atoms with Crippen LogP contribution in [0.5, 0.6) is 11.6 Å². The van der Waals surface area contributed by atoms with Gasteiger partial charge in [-0.1, -0.05) is 50.0 Å². The van der Waals surface area contributed by atoms with Gasteiger partial charge in [-0.3, -0.25) is 4.79 Å². The van der Waals surface area contributed by atoms with E-state index >= 15 is 0 Å². The normalized spacial score (nSPS) is 15.9. The maximum absolute atomic E-state index is 12.8. The fraction of sp³-hybridized carbons (Fsp3) is 0.409. The summed E-state index contributed by atoms with van der Waals surface area (Å²) >= 11 is 0. The van der Waals surface area contributed by atoms with Crippen LogP contribution in [0.25, 0.3) is 0 Å². The van der Waals surface area contributed by atoms with Gasteiger partial charge in [-0.15, -0.1) is 0 Å². The second kappa shape index (κ2) is 9.84. The maximum atomic E-state index is 12.8. The number of carbonyl (C=O) groups is 1. The van der Waals surface area contributed by atoms with Gasteiger partial charge < -0.3 is 10.1 Å². The topological polar surface area (TPSA) is 98.2 Å². The summed E-state index contributed by atoms with van der Waals surface area (Å²) in [6, 6.07) is 8.65. The SMILES string of the molecule is C[C@@H](/C=C/S(C)(=O)=O)NC(=O)c1cnc(CC2CCCC2)nc1Oc1ccccc1. The van der Waals surface area contributed by atoms with Crippen molar-refractivity contribution in [3.8, 4) is 11.6 Å². The van der Waals surface area contributed by atoms with Gasteiger partial charge in [0.15, 0.2) is 9.84 Å². The largest absolute Gasteiger partial charge is 0.438 e. The molecular formula is C22H27N3O4S. The van der Waals surface area contributed by atoms with E-state index in [-0.39, 0.29) is 11.4 Å². The minimum Gasteiger partial charge on any atom is -0.438 e. The molecule has 0 spiro atoms.